The number of esters is 1. The summed E-state index contributed by atoms with van der Waals surface area (Å²) in [6.45, 7) is 3.34. The fraction of sp³-hybridized carbons (Fsp3) is 0.200. The number of thiazole rings is 1. The van der Waals surface area contributed by atoms with Crippen LogP contribution < -0.4 is 19.6 Å². The third-order valence-corrected chi connectivity index (χ3v) is 6.47. The molecule has 1 aliphatic rings. The highest BCUT2D eigenvalue weighted by molar-refractivity contribution is 7.07. The predicted octanol–water partition coefficient (Wildman–Crippen LogP) is 3.49. The Hall–Kier alpha value is -3.74. The zero-order valence-electron chi connectivity index (χ0n) is 18.7. The molecule has 0 N–H and O–H groups in total. The van der Waals surface area contributed by atoms with Crippen molar-refractivity contribution in [1.29, 1.82) is 5.26 Å². The number of hydrogen-bond donors (Lipinski definition) is 0. The Labute approximate surface area is 208 Å². The lowest BCUT2D eigenvalue weighted by Crippen LogP contribution is -2.39. The molecule has 4 rings (SSSR count). The highest BCUT2D eigenvalue weighted by atomic mass is 35.5. The fourth-order valence-corrected chi connectivity index (χ4v) is 4.98. The van der Waals surface area contributed by atoms with Crippen molar-refractivity contribution < 1.29 is 18.7 Å². The molecule has 0 radical (unpaired) electrons. The summed E-state index contributed by atoms with van der Waals surface area (Å²) in [6.07, 6.45) is 1.60. The molecule has 7 nitrogen and oxygen atoms in total. The molecule has 0 saturated carbocycles. The summed E-state index contributed by atoms with van der Waals surface area (Å²) in [4.78, 5) is 31.4. The maximum absolute atomic E-state index is 13.7. The van der Waals surface area contributed by atoms with Gasteiger partial charge in [-0.1, -0.05) is 35.1 Å². The molecule has 0 amide bonds. The molecule has 0 unspecified atom stereocenters. The Kier molecular flexibility index (Phi) is 7.15. The Balaban J connectivity index is 1.94. The van der Waals surface area contributed by atoms with Crippen molar-refractivity contribution >= 4 is 35.0 Å². The van der Waals surface area contributed by atoms with Crippen LogP contribution in [-0.2, 0) is 9.53 Å². The number of hydrogen-bond acceptors (Lipinski definition) is 7. The lowest BCUT2D eigenvalue weighted by Gasteiger charge is -2.24. The van der Waals surface area contributed by atoms with Gasteiger partial charge in [0.25, 0.3) is 5.56 Å². The molecule has 0 aliphatic carbocycles. The Bertz CT molecular complexity index is 1550. The van der Waals surface area contributed by atoms with Crippen LogP contribution in [0.2, 0.25) is 5.02 Å². The number of nitrogens with zero attached hydrogens (tertiary/aromatic N) is 3. The molecular formula is C25H19ClFN3O4S. The average molecular weight is 512 g/mol. The molecule has 3 aromatic rings. The Morgan fingerprint density at radius 3 is 2.74 bits per heavy atom. The standard InChI is InChI=1S/C25H19ClFN3O4S/c1-3-33-24(32)21-14(2)29-25-30(22(21)15-4-7-18(27)8-5-15)23(31)20(35-25)13-16-12-17(26)6-9-19(16)34-11-10-28/h4-9,12-13,22H,3,11H2,1-2H3/b20-13-/t22-/m0/s1. The van der Waals surface area contributed by atoms with E-state index in [0.717, 1.165) is 11.3 Å². The number of benzene rings is 2. The molecule has 10 heteroatoms. The SMILES string of the molecule is CCOC(=O)C1=C(C)N=c2s/c(=C\c3cc(Cl)ccc3OCC#N)c(=O)n2[C@H]1c1ccc(F)cc1. The van der Waals surface area contributed by atoms with Crippen molar-refractivity contribution in [2.45, 2.75) is 19.9 Å². The van der Waals surface area contributed by atoms with Gasteiger partial charge < -0.3 is 9.47 Å². The van der Waals surface area contributed by atoms with Crippen LogP contribution >= 0.6 is 22.9 Å². The first-order valence-electron chi connectivity index (χ1n) is 10.6. The Morgan fingerprint density at radius 1 is 1.31 bits per heavy atom. The fourth-order valence-electron chi connectivity index (χ4n) is 3.77. The number of fused-ring (bicyclic) bond motifs is 1. The summed E-state index contributed by atoms with van der Waals surface area (Å²) < 4.78 is 26.1. The van der Waals surface area contributed by atoms with E-state index in [9.17, 15) is 14.0 Å². The zero-order chi connectivity index (χ0) is 25.1. The lowest BCUT2D eigenvalue weighted by molar-refractivity contribution is -0.139. The van der Waals surface area contributed by atoms with Crippen molar-refractivity contribution in [3.05, 3.63) is 95.4 Å². The van der Waals surface area contributed by atoms with Gasteiger partial charge in [0, 0.05) is 10.6 Å². The smallest absolute Gasteiger partial charge is 0.338 e. The van der Waals surface area contributed by atoms with Crippen LogP contribution in [0, 0.1) is 17.1 Å². The van der Waals surface area contributed by atoms with Gasteiger partial charge in [-0.3, -0.25) is 9.36 Å². The van der Waals surface area contributed by atoms with Gasteiger partial charge in [-0.05, 0) is 55.8 Å². The molecule has 1 atom stereocenters. The molecule has 178 valence electrons. The highest BCUT2D eigenvalue weighted by Crippen LogP contribution is 2.31. The third-order valence-electron chi connectivity index (χ3n) is 5.25. The summed E-state index contributed by atoms with van der Waals surface area (Å²) in [5.41, 5.74) is 1.27. The number of nitriles is 1. The average Bonchev–Trinajstić information content (AvgIpc) is 3.12. The first kappa shape index (κ1) is 24.4. The minimum Gasteiger partial charge on any atom is -0.478 e. The van der Waals surface area contributed by atoms with E-state index in [1.807, 2.05) is 6.07 Å². The van der Waals surface area contributed by atoms with Gasteiger partial charge in [-0.2, -0.15) is 5.26 Å². The highest BCUT2D eigenvalue weighted by Gasteiger charge is 2.33. The van der Waals surface area contributed by atoms with Gasteiger partial charge >= 0.3 is 5.97 Å². The van der Waals surface area contributed by atoms with Crippen molar-refractivity contribution in [1.82, 2.24) is 4.57 Å². The first-order chi connectivity index (χ1) is 16.8. The zero-order valence-corrected chi connectivity index (χ0v) is 20.3. The van der Waals surface area contributed by atoms with E-state index < -0.39 is 23.4 Å². The molecule has 1 aliphatic heterocycles. The van der Waals surface area contributed by atoms with E-state index in [1.165, 1.54) is 28.8 Å². The molecule has 2 aromatic carbocycles. The van der Waals surface area contributed by atoms with Gasteiger partial charge in [0.2, 0.25) is 0 Å². The topological polar surface area (TPSA) is 93.7 Å². The molecular weight excluding hydrogens is 493 g/mol. The number of carbonyl (C=O) groups is 1. The number of halogens is 2. The molecule has 0 fully saturated rings. The quantitative estimate of drug-likeness (QED) is 0.472. The second kappa shape index (κ2) is 10.3. The van der Waals surface area contributed by atoms with E-state index >= 15 is 0 Å². The summed E-state index contributed by atoms with van der Waals surface area (Å²) in [5, 5.41) is 9.29. The number of ether oxygens (including phenoxy) is 2. The van der Waals surface area contributed by atoms with Crippen LogP contribution in [-0.4, -0.2) is 23.8 Å². The second-order valence-corrected chi connectivity index (χ2v) is 8.93. The summed E-state index contributed by atoms with van der Waals surface area (Å²) >= 11 is 7.28. The number of rotatable bonds is 6. The molecule has 0 spiro atoms. The van der Waals surface area contributed by atoms with Gasteiger partial charge in [0.05, 0.1) is 28.5 Å². The van der Waals surface area contributed by atoms with Crippen LogP contribution in [0.15, 0.2) is 63.5 Å². The summed E-state index contributed by atoms with van der Waals surface area (Å²) in [6, 6.07) is 11.5. The van der Waals surface area contributed by atoms with E-state index in [1.54, 1.807) is 38.1 Å². The van der Waals surface area contributed by atoms with Gasteiger partial charge in [0.1, 0.15) is 17.6 Å². The van der Waals surface area contributed by atoms with E-state index in [-0.39, 0.29) is 18.8 Å². The normalized spacial score (nSPS) is 15.3. The maximum Gasteiger partial charge on any atom is 0.338 e. The number of allylic oxidation sites excluding steroid dienone is 1. The summed E-state index contributed by atoms with van der Waals surface area (Å²) in [5.74, 6) is -0.648. The van der Waals surface area contributed by atoms with Crippen molar-refractivity contribution in [2.24, 2.45) is 4.99 Å². The first-order valence-corrected chi connectivity index (χ1v) is 11.8. The molecule has 1 aromatic heterocycles. The van der Waals surface area contributed by atoms with E-state index in [4.69, 9.17) is 26.3 Å². The van der Waals surface area contributed by atoms with Crippen LogP contribution in [0.4, 0.5) is 4.39 Å². The van der Waals surface area contributed by atoms with Gasteiger partial charge in [-0.25, -0.2) is 14.2 Å². The maximum atomic E-state index is 13.7. The minimum atomic E-state index is -0.846. The van der Waals surface area contributed by atoms with Crippen LogP contribution in [0.3, 0.4) is 0 Å². The van der Waals surface area contributed by atoms with E-state index in [0.29, 0.717) is 36.9 Å². The summed E-state index contributed by atoms with van der Waals surface area (Å²) in [7, 11) is 0. The van der Waals surface area contributed by atoms with Gasteiger partial charge in [-0.15, -0.1) is 0 Å². The van der Waals surface area contributed by atoms with Crippen molar-refractivity contribution in [3.8, 4) is 11.8 Å². The minimum absolute atomic E-state index is 0.149. The number of carbonyl (C=O) groups excluding carboxylic acids is 1. The van der Waals surface area contributed by atoms with Crippen LogP contribution in [0.25, 0.3) is 6.08 Å². The second-order valence-electron chi connectivity index (χ2n) is 7.48. The van der Waals surface area contributed by atoms with Crippen LogP contribution in [0.1, 0.15) is 31.0 Å². The van der Waals surface area contributed by atoms with Crippen LogP contribution in [0.5, 0.6) is 5.75 Å². The predicted molar refractivity (Wildman–Crippen MR) is 129 cm³/mol. The van der Waals surface area contributed by atoms with Crippen molar-refractivity contribution in [2.75, 3.05) is 13.2 Å². The Morgan fingerprint density at radius 2 is 2.06 bits per heavy atom. The van der Waals surface area contributed by atoms with Gasteiger partial charge in [0.15, 0.2) is 11.4 Å². The lowest BCUT2D eigenvalue weighted by atomic mass is 9.96. The van der Waals surface area contributed by atoms with E-state index in [2.05, 4.69) is 4.99 Å². The molecule has 2 heterocycles. The largest absolute Gasteiger partial charge is 0.478 e. The monoisotopic (exact) mass is 511 g/mol. The third kappa shape index (κ3) is 4.90. The molecule has 35 heavy (non-hydrogen) atoms. The molecule has 0 saturated heterocycles. The number of aromatic nitrogens is 1. The molecule has 0 bridgehead atoms. The van der Waals surface area contributed by atoms with Crippen molar-refractivity contribution in [3.63, 3.8) is 0 Å².